The number of piperidine rings is 2. The van der Waals surface area contributed by atoms with E-state index < -0.39 is 0 Å². The van der Waals surface area contributed by atoms with Gasteiger partial charge in [-0.3, -0.25) is 9.69 Å². The van der Waals surface area contributed by atoms with Gasteiger partial charge in [0.15, 0.2) is 0 Å². The minimum absolute atomic E-state index is 0.160. The standard InChI is InChI=1S/C20H33N3O2S/c1-16-5-11-23(12-6-16)17(18-4-3-13-26-18)14-22-19(24)20(15-25-2)7-9-21-10-8-20/h3-4,13,16-17,21H,5-12,14-15H2,1-2H3,(H,22,24). The maximum atomic E-state index is 13.1. The SMILES string of the molecule is COCC1(C(=O)NCC(c2cccs2)N2CCC(C)CC2)CCNCC1. The van der Waals surface area contributed by atoms with Crippen LogP contribution in [0.2, 0.25) is 0 Å². The fourth-order valence-electron chi connectivity index (χ4n) is 4.23. The van der Waals surface area contributed by atoms with Crippen LogP contribution >= 0.6 is 11.3 Å². The maximum Gasteiger partial charge on any atom is 0.228 e. The summed E-state index contributed by atoms with van der Waals surface area (Å²) in [6.07, 6.45) is 4.18. The Labute approximate surface area is 161 Å². The van der Waals surface area contributed by atoms with Crippen molar-refractivity contribution in [3.63, 3.8) is 0 Å². The molecule has 1 aromatic rings. The zero-order valence-electron chi connectivity index (χ0n) is 16.1. The topological polar surface area (TPSA) is 53.6 Å². The first-order valence-corrected chi connectivity index (χ1v) is 10.8. The van der Waals surface area contributed by atoms with Gasteiger partial charge in [-0.25, -0.2) is 0 Å². The zero-order chi connectivity index (χ0) is 18.4. The highest BCUT2D eigenvalue weighted by atomic mass is 32.1. The second kappa shape index (κ2) is 9.31. The molecular formula is C20H33N3O2S. The van der Waals surface area contributed by atoms with Gasteiger partial charge >= 0.3 is 0 Å². The van der Waals surface area contributed by atoms with E-state index >= 15 is 0 Å². The predicted molar refractivity (Wildman–Crippen MR) is 106 cm³/mol. The lowest BCUT2D eigenvalue weighted by molar-refractivity contribution is -0.136. The number of nitrogens with one attached hydrogen (secondary N) is 2. The van der Waals surface area contributed by atoms with E-state index in [1.54, 1.807) is 18.4 Å². The Morgan fingerprint density at radius 1 is 1.42 bits per heavy atom. The molecule has 26 heavy (non-hydrogen) atoms. The molecule has 1 aromatic heterocycles. The van der Waals surface area contributed by atoms with Crippen molar-refractivity contribution in [3.8, 4) is 0 Å². The molecule has 2 aliphatic rings. The molecule has 0 aromatic carbocycles. The number of rotatable bonds is 7. The van der Waals surface area contributed by atoms with Crippen molar-refractivity contribution in [1.82, 2.24) is 15.5 Å². The van der Waals surface area contributed by atoms with E-state index in [2.05, 4.69) is 40.0 Å². The number of carbonyl (C=O) groups is 1. The van der Waals surface area contributed by atoms with E-state index in [0.29, 0.717) is 13.2 Å². The molecule has 1 unspecified atom stereocenters. The first-order chi connectivity index (χ1) is 12.6. The summed E-state index contributed by atoms with van der Waals surface area (Å²) in [4.78, 5) is 17.0. The van der Waals surface area contributed by atoms with Crippen LogP contribution in [0.4, 0.5) is 0 Å². The molecule has 0 saturated carbocycles. The van der Waals surface area contributed by atoms with E-state index in [-0.39, 0.29) is 17.4 Å². The molecule has 0 radical (unpaired) electrons. The Morgan fingerprint density at radius 2 is 2.15 bits per heavy atom. The molecule has 0 spiro atoms. The number of likely N-dealkylation sites (tertiary alicyclic amines) is 1. The van der Waals surface area contributed by atoms with Crippen molar-refractivity contribution in [3.05, 3.63) is 22.4 Å². The minimum atomic E-state index is -0.379. The second-order valence-corrected chi connectivity index (χ2v) is 8.90. The van der Waals surface area contributed by atoms with Crippen LogP contribution in [0.5, 0.6) is 0 Å². The molecule has 0 bridgehead atoms. The van der Waals surface area contributed by atoms with Crippen LogP contribution in [0, 0.1) is 11.3 Å². The van der Waals surface area contributed by atoms with Crippen LogP contribution in [-0.2, 0) is 9.53 Å². The number of thiophene rings is 1. The Kier molecular flexibility index (Phi) is 7.09. The van der Waals surface area contributed by atoms with Crippen molar-refractivity contribution < 1.29 is 9.53 Å². The lowest BCUT2D eigenvalue weighted by Gasteiger charge is -2.38. The highest BCUT2D eigenvalue weighted by molar-refractivity contribution is 7.10. The van der Waals surface area contributed by atoms with Crippen LogP contribution in [0.1, 0.15) is 43.5 Å². The van der Waals surface area contributed by atoms with Gasteiger partial charge in [-0.1, -0.05) is 13.0 Å². The first-order valence-electron chi connectivity index (χ1n) is 9.90. The van der Waals surface area contributed by atoms with Crippen LogP contribution in [-0.4, -0.2) is 57.2 Å². The largest absolute Gasteiger partial charge is 0.384 e. The Hall–Kier alpha value is -0.950. The summed E-state index contributed by atoms with van der Waals surface area (Å²) in [6.45, 7) is 7.53. The second-order valence-electron chi connectivity index (χ2n) is 7.92. The van der Waals surface area contributed by atoms with Gasteiger partial charge in [0.2, 0.25) is 5.91 Å². The highest BCUT2D eigenvalue weighted by Gasteiger charge is 2.40. The van der Waals surface area contributed by atoms with E-state index in [1.165, 1.54) is 17.7 Å². The summed E-state index contributed by atoms with van der Waals surface area (Å²) < 4.78 is 5.42. The van der Waals surface area contributed by atoms with E-state index in [4.69, 9.17) is 4.74 Å². The van der Waals surface area contributed by atoms with Crippen molar-refractivity contribution in [2.24, 2.45) is 11.3 Å². The predicted octanol–water partition coefficient (Wildman–Crippen LogP) is 2.65. The van der Waals surface area contributed by atoms with Gasteiger partial charge in [-0.05, 0) is 69.2 Å². The molecule has 3 rings (SSSR count). The molecule has 1 amide bonds. The smallest absolute Gasteiger partial charge is 0.228 e. The quantitative estimate of drug-likeness (QED) is 0.765. The van der Waals surface area contributed by atoms with Crippen molar-refractivity contribution in [2.75, 3.05) is 46.4 Å². The fraction of sp³-hybridized carbons (Fsp3) is 0.750. The molecule has 1 atom stereocenters. The highest BCUT2D eigenvalue weighted by Crippen LogP contribution is 2.32. The number of amides is 1. The van der Waals surface area contributed by atoms with Crippen molar-refractivity contribution in [2.45, 2.75) is 38.6 Å². The normalized spacial score (nSPS) is 22.8. The van der Waals surface area contributed by atoms with Crippen LogP contribution in [0.3, 0.4) is 0 Å². The van der Waals surface area contributed by atoms with E-state index in [9.17, 15) is 4.79 Å². The maximum absolute atomic E-state index is 13.1. The van der Waals surface area contributed by atoms with Crippen LogP contribution < -0.4 is 10.6 Å². The van der Waals surface area contributed by atoms with Crippen LogP contribution in [0.25, 0.3) is 0 Å². The summed E-state index contributed by atoms with van der Waals surface area (Å²) in [7, 11) is 1.69. The lowest BCUT2D eigenvalue weighted by atomic mass is 9.78. The fourth-order valence-corrected chi connectivity index (χ4v) is 5.09. The number of hydrogen-bond acceptors (Lipinski definition) is 5. The van der Waals surface area contributed by atoms with Gasteiger partial charge in [-0.15, -0.1) is 11.3 Å². The minimum Gasteiger partial charge on any atom is -0.384 e. The molecule has 2 saturated heterocycles. The lowest BCUT2D eigenvalue weighted by Crippen LogP contribution is -2.51. The Bertz CT molecular complexity index is 544. The Morgan fingerprint density at radius 3 is 2.77 bits per heavy atom. The zero-order valence-corrected chi connectivity index (χ0v) is 16.9. The molecular weight excluding hydrogens is 346 g/mol. The van der Waals surface area contributed by atoms with Gasteiger partial charge in [0.05, 0.1) is 18.1 Å². The van der Waals surface area contributed by atoms with Gasteiger partial charge in [0.1, 0.15) is 0 Å². The summed E-state index contributed by atoms with van der Waals surface area (Å²) in [6, 6.07) is 4.60. The molecule has 6 heteroatoms. The van der Waals surface area contributed by atoms with Gasteiger partial charge in [0, 0.05) is 18.5 Å². The summed E-state index contributed by atoms with van der Waals surface area (Å²) in [5.74, 6) is 0.970. The van der Waals surface area contributed by atoms with E-state index in [0.717, 1.165) is 44.9 Å². The monoisotopic (exact) mass is 379 g/mol. The van der Waals surface area contributed by atoms with Crippen molar-refractivity contribution in [1.29, 1.82) is 0 Å². The molecule has 2 fully saturated rings. The molecule has 146 valence electrons. The number of carbonyl (C=O) groups excluding carboxylic acids is 1. The number of nitrogens with zero attached hydrogens (tertiary/aromatic N) is 1. The summed E-state index contributed by atoms with van der Waals surface area (Å²) in [5, 5.41) is 8.78. The van der Waals surface area contributed by atoms with Gasteiger partial charge in [-0.2, -0.15) is 0 Å². The van der Waals surface area contributed by atoms with E-state index in [1.807, 2.05) is 0 Å². The summed E-state index contributed by atoms with van der Waals surface area (Å²) >= 11 is 1.79. The Balaban J connectivity index is 1.66. The molecule has 0 aliphatic carbocycles. The van der Waals surface area contributed by atoms with Crippen LogP contribution in [0.15, 0.2) is 17.5 Å². The average molecular weight is 380 g/mol. The molecule has 5 nitrogen and oxygen atoms in total. The number of methoxy groups -OCH3 is 1. The first kappa shape index (κ1) is 19.8. The molecule has 3 heterocycles. The third-order valence-corrected chi connectivity index (χ3v) is 7.02. The summed E-state index contributed by atoms with van der Waals surface area (Å²) in [5.41, 5.74) is -0.379. The third kappa shape index (κ3) is 4.66. The number of ether oxygens (including phenoxy) is 1. The molecule has 2 aliphatic heterocycles. The number of hydrogen-bond donors (Lipinski definition) is 2. The average Bonchev–Trinajstić information content (AvgIpc) is 3.18. The molecule has 2 N–H and O–H groups in total. The van der Waals surface area contributed by atoms with Gasteiger partial charge < -0.3 is 15.4 Å². The van der Waals surface area contributed by atoms with Crippen molar-refractivity contribution >= 4 is 17.2 Å². The third-order valence-electron chi connectivity index (χ3n) is 6.05. The van der Waals surface area contributed by atoms with Gasteiger partial charge in [0.25, 0.3) is 0 Å².